The first kappa shape index (κ1) is 19.9. The molecule has 0 aliphatic rings. The summed E-state index contributed by atoms with van der Waals surface area (Å²) in [4.78, 5) is 21.9. The van der Waals surface area contributed by atoms with Gasteiger partial charge in [-0.05, 0) is 32.1 Å². The van der Waals surface area contributed by atoms with Crippen LogP contribution in [-0.4, -0.2) is 16.9 Å². The van der Waals surface area contributed by atoms with E-state index in [2.05, 4.69) is 19.1 Å². The fourth-order valence-electron chi connectivity index (χ4n) is 2.25. The van der Waals surface area contributed by atoms with Crippen LogP contribution in [0.15, 0.2) is 12.2 Å². The number of carboxylic acid groups (broad SMARTS) is 1. The Hall–Kier alpha value is -1.12. The van der Waals surface area contributed by atoms with Crippen molar-refractivity contribution in [2.75, 3.05) is 0 Å². The highest BCUT2D eigenvalue weighted by Crippen LogP contribution is 2.08. The van der Waals surface area contributed by atoms with Gasteiger partial charge in [-0.1, -0.05) is 51.2 Å². The highest BCUT2D eigenvalue weighted by atomic mass is 16.4. The number of allylic oxidation sites excluding steroid dienone is 2. The highest BCUT2D eigenvalue weighted by molar-refractivity contribution is 5.78. The van der Waals surface area contributed by atoms with Crippen LogP contribution in [0.1, 0.15) is 90.4 Å². The van der Waals surface area contributed by atoms with Gasteiger partial charge in [-0.2, -0.15) is 0 Å². The van der Waals surface area contributed by atoms with Crippen LogP contribution in [0, 0.1) is 0 Å². The molecule has 0 atom stereocenters. The Labute approximate surface area is 129 Å². The van der Waals surface area contributed by atoms with Crippen molar-refractivity contribution in [3.63, 3.8) is 0 Å². The minimum atomic E-state index is -0.700. The van der Waals surface area contributed by atoms with Gasteiger partial charge in [-0.15, -0.1) is 0 Å². The van der Waals surface area contributed by atoms with Crippen molar-refractivity contribution in [3.05, 3.63) is 12.2 Å². The van der Waals surface area contributed by atoms with Crippen LogP contribution in [0.5, 0.6) is 0 Å². The number of hydrogen-bond donors (Lipinski definition) is 1. The molecule has 0 unspecified atom stereocenters. The summed E-state index contributed by atoms with van der Waals surface area (Å²) in [6, 6.07) is 0. The quantitative estimate of drug-likeness (QED) is 0.330. The van der Waals surface area contributed by atoms with Crippen molar-refractivity contribution in [1.82, 2.24) is 0 Å². The third-order valence-corrected chi connectivity index (χ3v) is 3.58. The molecule has 21 heavy (non-hydrogen) atoms. The lowest BCUT2D eigenvalue weighted by Crippen LogP contribution is -1.96. The molecule has 0 spiro atoms. The Kier molecular flexibility index (Phi) is 14.5. The standard InChI is InChI=1S/C18H32O3/c1-2-3-4-11-14-17(19)15-12-9-7-5-6-8-10-13-16-18(20)21/h7,9H,2-6,8,10-16H2,1H3,(H,20,21). The molecular weight excluding hydrogens is 264 g/mol. The van der Waals surface area contributed by atoms with Crippen molar-refractivity contribution >= 4 is 11.8 Å². The van der Waals surface area contributed by atoms with E-state index in [1.165, 1.54) is 19.3 Å². The number of rotatable bonds is 15. The second-order valence-corrected chi connectivity index (χ2v) is 5.71. The zero-order valence-corrected chi connectivity index (χ0v) is 13.6. The van der Waals surface area contributed by atoms with E-state index in [9.17, 15) is 9.59 Å². The van der Waals surface area contributed by atoms with Crippen molar-refractivity contribution in [3.8, 4) is 0 Å². The molecule has 0 heterocycles. The van der Waals surface area contributed by atoms with E-state index in [1.807, 2.05) is 0 Å². The smallest absolute Gasteiger partial charge is 0.303 e. The number of carbonyl (C=O) groups excluding carboxylic acids is 1. The lowest BCUT2D eigenvalue weighted by Gasteiger charge is -1.99. The first-order valence-corrected chi connectivity index (χ1v) is 8.55. The van der Waals surface area contributed by atoms with Gasteiger partial charge in [0.25, 0.3) is 0 Å². The van der Waals surface area contributed by atoms with Crippen LogP contribution < -0.4 is 0 Å². The van der Waals surface area contributed by atoms with Crippen LogP contribution in [-0.2, 0) is 9.59 Å². The monoisotopic (exact) mass is 296 g/mol. The van der Waals surface area contributed by atoms with Gasteiger partial charge in [0.15, 0.2) is 0 Å². The number of carboxylic acids is 1. The molecule has 0 fully saturated rings. The van der Waals surface area contributed by atoms with Gasteiger partial charge in [-0.3, -0.25) is 9.59 Å². The third-order valence-electron chi connectivity index (χ3n) is 3.58. The number of aliphatic carboxylic acids is 1. The summed E-state index contributed by atoms with van der Waals surface area (Å²) in [5, 5.41) is 8.50. The molecule has 0 saturated heterocycles. The maximum Gasteiger partial charge on any atom is 0.303 e. The number of unbranched alkanes of at least 4 members (excludes halogenated alkanes) is 7. The van der Waals surface area contributed by atoms with Gasteiger partial charge < -0.3 is 5.11 Å². The molecule has 0 rings (SSSR count). The highest BCUT2D eigenvalue weighted by Gasteiger charge is 1.99. The number of hydrogen-bond acceptors (Lipinski definition) is 2. The van der Waals surface area contributed by atoms with E-state index < -0.39 is 5.97 Å². The van der Waals surface area contributed by atoms with E-state index in [0.717, 1.165) is 51.4 Å². The molecule has 0 radical (unpaired) electrons. The number of carbonyl (C=O) groups is 2. The van der Waals surface area contributed by atoms with E-state index >= 15 is 0 Å². The lowest BCUT2D eigenvalue weighted by atomic mass is 10.1. The second-order valence-electron chi connectivity index (χ2n) is 5.71. The summed E-state index contributed by atoms with van der Waals surface area (Å²) in [5.41, 5.74) is 0. The summed E-state index contributed by atoms with van der Waals surface area (Å²) in [7, 11) is 0. The van der Waals surface area contributed by atoms with Crippen molar-refractivity contribution in [1.29, 1.82) is 0 Å². The number of ketones is 1. The molecule has 0 aliphatic carbocycles. The predicted molar refractivity (Wildman–Crippen MR) is 87.5 cm³/mol. The largest absolute Gasteiger partial charge is 0.481 e. The first-order chi connectivity index (χ1) is 10.2. The van der Waals surface area contributed by atoms with Crippen LogP contribution in [0.4, 0.5) is 0 Å². The van der Waals surface area contributed by atoms with Gasteiger partial charge >= 0.3 is 5.97 Å². The average molecular weight is 296 g/mol. The van der Waals surface area contributed by atoms with Crippen LogP contribution >= 0.6 is 0 Å². The van der Waals surface area contributed by atoms with Crippen molar-refractivity contribution in [2.24, 2.45) is 0 Å². The van der Waals surface area contributed by atoms with Gasteiger partial charge in [0.1, 0.15) is 5.78 Å². The summed E-state index contributed by atoms with van der Waals surface area (Å²) < 4.78 is 0. The summed E-state index contributed by atoms with van der Waals surface area (Å²) in [6.07, 6.45) is 16.6. The summed E-state index contributed by atoms with van der Waals surface area (Å²) >= 11 is 0. The Bertz CT molecular complexity index is 295. The SMILES string of the molecule is CCCCCCC(=O)CCC=CCCCCCCC(=O)O. The van der Waals surface area contributed by atoms with Gasteiger partial charge in [-0.25, -0.2) is 0 Å². The maximum atomic E-state index is 11.6. The second kappa shape index (κ2) is 15.3. The van der Waals surface area contributed by atoms with Crippen LogP contribution in [0.25, 0.3) is 0 Å². The molecule has 0 bridgehead atoms. The van der Waals surface area contributed by atoms with Gasteiger partial charge in [0.05, 0.1) is 0 Å². The Morgan fingerprint density at radius 1 is 0.762 bits per heavy atom. The Morgan fingerprint density at radius 2 is 1.38 bits per heavy atom. The molecule has 1 N–H and O–H groups in total. The molecule has 0 saturated carbocycles. The molecule has 0 aromatic carbocycles. The van der Waals surface area contributed by atoms with E-state index in [4.69, 9.17) is 5.11 Å². The number of Topliss-reactive ketones (excluding diaryl/α,β-unsaturated/α-hetero) is 1. The lowest BCUT2D eigenvalue weighted by molar-refractivity contribution is -0.137. The molecule has 3 heteroatoms. The van der Waals surface area contributed by atoms with E-state index in [-0.39, 0.29) is 6.42 Å². The zero-order valence-electron chi connectivity index (χ0n) is 13.6. The molecule has 0 amide bonds. The minimum absolute atomic E-state index is 0.288. The first-order valence-electron chi connectivity index (χ1n) is 8.55. The zero-order chi connectivity index (χ0) is 15.8. The van der Waals surface area contributed by atoms with Crippen LogP contribution in [0.2, 0.25) is 0 Å². The normalized spacial score (nSPS) is 11.1. The molecule has 0 aromatic rings. The van der Waals surface area contributed by atoms with Crippen molar-refractivity contribution < 1.29 is 14.7 Å². The Morgan fingerprint density at radius 3 is 2.10 bits per heavy atom. The molecular formula is C18H32O3. The summed E-state index contributed by atoms with van der Waals surface area (Å²) in [5.74, 6) is -0.307. The fourth-order valence-corrected chi connectivity index (χ4v) is 2.25. The molecule has 3 nitrogen and oxygen atoms in total. The third kappa shape index (κ3) is 16.8. The fraction of sp³-hybridized carbons (Fsp3) is 0.778. The van der Waals surface area contributed by atoms with Gasteiger partial charge in [0, 0.05) is 19.3 Å². The van der Waals surface area contributed by atoms with E-state index in [0.29, 0.717) is 12.2 Å². The summed E-state index contributed by atoms with van der Waals surface area (Å²) in [6.45, 7) is 2.18. The maximum absolute atomic E-state index is 11.6. The van der Waals surface area contributed by atoms with Crippen LogP contribution in [0.3, 0.4) is 0 Å². The van der Waals surface area contributed by atoms with Crippen molar-refractivity contribution in [2.45, 2.75) is 90.4 Å². The molecule has 0 aliphatic heterocycles. The Balaban J connectivity index is 3.28. The topological polar surface area (TPSA) is 54.4 Å². The van der Waals surface area contributed by atoms with Gasteiger partial charge in [0.2, 0.25) is 0 Å². The minimum Gasteiger partial charge on any atom is -0.481 e. The average Bonchev–Trinajstić information content (AvgIpc) is 2.45. The van der Waals surface area contributed by atoms with E-state index in [1.54, 1.807) is 0 Å². The molecule has 122 valence electrons. The molecule has 0 aromatic heterocycles. The predicted octanol–water partition coefficient (Wildman–Crippen LogP) is 5.29.